The van der Waals surface area contributed by atoms with Gasteiger partial charge in [0, 0.05) is 39.3 Å². The van der Waals surface area contributed by atoms with Crippen molar-refractivity contribution in [3.8, 4) is 0 Å². The second-order valence-electron chi connectivity index (χ2n) is 8.08. The van der Waals surface area contributed by atoms with Crippen LogP contribution in [-0.4, -0.2) is 76.0 Å². The fraction of sp³-hybridized carbons (Fsp3) is 0.600. The first-order chi connectivity index (χ1) is 14.9. The molecule has 0 aliphatic carbocycles. The SMILES string of the molecule is Cc1ccc(C=Cc2nc(=S)n(CN3CCN(S(=O)(=O)N4CCCCCC4)CC3)[nH]2)o1. The molecule has 4 heterocycles. The third-order valence-electron chi connectivity index (χ3n) is 5.75. The number of nitrogens with zero attached hydrogens (tertiary/aromatic N) is 5. The van der Waals surface area contributed by atoms with Crippen LogP contribution in [0.1, 0.15) is 43.0 Å². The van der Waals surface area contributed by atoms with Gasteiger partial charge in [-0.2, -0.15) is 22.0 Å². The molecule has 170 valence electrons. The lowest BCUT2D eigenvalue weighted by molar-refractivity contribution is 0.140. The lowest BCUT2D eigenvalue weighted by atomic mass is 10.2. The molecule has 0 amide bonds. The summed E-state index contributed by atoms with van der Waals surface area (Å²) in [6.45, 7) is 6.03. The van der Waals surface area contributed by atoms with Crippen LogP contribution in [-0.2, 0) is 16.9 Å². The Morgan fingerprint density at radius 2 is 1.71 bits per heavy atom. The third kappa shape index (κ3) is 5.53. The van der Waals surface area contributed by atoms with Crippen molar-refractivity contribution < 1.29 is 12.8 Å². The highest BCUT2D eigenvalue weighted by molar-refractivity contribution is 7.86. The summed E-state index contributed by atoms with van der Waals surface area (Å²) in [7, 11) is -3.37. The van der Waals surface area contributed by atoms with Crippen LogP contribution in [0.4, 0.5) is 0 Å². The number of furan rings is 1. The predicted octanol–water partition coefficient (Wildman–Crippen LogP) is 2.71. The Bertz CT molecular complexity index is 1050. The normalized spacial score (nSPS) is 20.4. The number of rotatable bonds is 6. The molecular weight excluding hydrogens is 436 g/mol. The number of aryl methyl sites for hydroxylation is 1. The molecule has 31 heavy (non-hydrogen) atoms. The van der Waals surface area contributed by atoms with Crippen LogP contribution >= 0.6 is 12.2 Å². The molecule has 2 aliphatic heterocycles. The van der Waals surface area contributed by atoms with Gasteiger partial charge in [-0.3, -0.25) is 10.00 Å². The molecule has 11 heteroatoms. The van der Waals surface area contributed by atoms with E-state index in [2.05, 4.69) is 15.0 Å². The van der Waals surface area contributed by atoms with Crippen molar-refractivity contribution in [3.05, 3.63) is 34.2 Å². The van der Waals surface area contributed by atoms with E-state index in [0.717, 1.165) is 37.2 Å². The maximum atomic E-state index is 13.0. The first-order valence-corrected chi connectivity index (χ1v) is 12.6. The zero-order valence-electron chi connectivity index (χ0n) is 17.9. The second kappa shape index (κ2) is 9.78. The van der Waals surface area contributed by atoms with Crippen LogP contribution in [0.25, 0.3) is 12.2 Å². The van der Waals surface area contributed by atoms with Crippen LogP contribution < -0.4 is 0 Å². The Hall–Kier alpha value is -1.79. The lowest BCUT2D eigenvalue weighted by Crippen LogP contribution is -2.53. The van der Waals surface area contributed by atoms with Crippen molar-refractivity contribution in [1.29, 1.82) is 0 Å². The fourth-order valence-corrected chi connectivity index (χ4v) is 5.86. The summed E-state index contributed by atoms with van der Waals surface area (Å²) in [4.78, 5) is 6.56. The highest BCUT2D eigenvalue weighted by atomic mass is 32.2. The number of hydrogen-bond donors (Lipinski definition) is 1. The van der Waals surface area contributed by atoms with Crippen LogP contribution in [0, 0.1) is 11.7 Å². The van der Waals surface area contributed by atoms with Gasteiger partial charge in [0.25, 0.3) is 10.2 Å². The summed E-state index contributed by atoms with van der Waals surface area (Å²) in [6, 6.07) is 3.81. The molecule has 9 nitrogen and oxygen atoms in total. The Labute approximate surface area is 188 Å². The van der Waals surface area contributed by atoms with E-state index in [-0.39, 0.29) is 0 Å². The highest BCUT2D eigenvalue weighted by Crippen LogP contribution is 2.18. The van der Waals surface area contributed by atoms with Crippen LogP contribution in [0.15, 0.2) is 16.5 Å². The largest absolute Gasteiger partial charge is 0.462 e. The molecule has 0 radical (unpaired) electrons. The Balaban J connectivity index is 1.33. The van der Waals surface area contributed by atoms with Gasteiger partial charge in [0.05, 0.1) is 6.67 Å². The smallest absolute Gasteiger partial charge is 0.282 e. The molecule has 4 rings (SSSR count). The number of H-pyrrole nitrogens is 1. The van der Waals surface area contributed by atoms with Crippen LogP contribution in [0.5, 0.6) is 0 Å². The van der Waals surface area contributed by atoms with Crippen molar-refractivity contribution in [2.45, 2.75) is 39.3 Å². The Morgan fingerprint density at radius 3 is 2.35 bits per heavy atom. The first kappa shape index (κ1) is 22.4. The van der Waals surface area contributed by atoms with E-state index in [9.17, 15) is 8.42 Å². The van der Waals surface area contributed by atoms with E-state index in [1.54, 1.807) is 13.3 Å². The quantitative estimate of drug-likeness (QED) is 0.659. The second-order valence-corrected chi connectivity index (χ2v) is 10.4. The standard InChI is InChI=1S/C20H30N6O3S2/c1-17-6-7-18(29-17)8-9-19-21-20(30)26(22-19)16-23-12-14-25(15-13-23)31(27,28)24-10-4-2-3-5-11-24/h6-9H,2-5,10-16H2,1H3,(H,21,22,30). The molecule has 2 aromatic rings. The molecule has 2 aromatic heterocycles. The first-order valence-electron chi connectivity index (χ1n) is 10.8. The maximum Gasteiger partial charge on any atom is 0.282 e. The molecular formula is C20H30N6O3S2. The molecule has 2 aliphatic rings. The van der Waals surface area contributed by atoms with Gasteiger partial charge in [-0.25, -0.2) is 4.68 Å². The third-order valence-corrected chi connectivity index (χ3v) is 8.10. The van der Waals surface area contributed by atoms with Crippen molar-refractivity contribution in [2.75, 3.05) is 39.3 Å². The maximum absolute atomic E-state index is 13.0. The van der Waals surface area contributed by atoms with Crippen molar-refractivity contribution in [3.63, 3.8) is 0 Å². The molecule has 0 saturated carbocycles. The van der Waals surface area contributed by atoms with Gasteiger partial charge in [0.1, 0.15) is 17.3 Å². The molecule has 0 atom stereocenters. The number of aromatic amines is 1. The number of hydrogen-bond acceptors (Lipinski definition) is 6. The Kier molecular flexibility index (Phi) is 7.07. The average molecular weight is 467 g/mol. The number of nitrogens with one attached hydrogen (secondary N) is 1. The average Bonchev–Trinajstić information content (AvgIpc) is 3.19. The van der Waals surface area contributed by atoms with E-state index in [1.807, 2.05) is 31.2 Å². The summed E-state index contributed by atoms with van der Waals surface area (Å²) in [6.07, 6.45) is 7.81. The summed E-state index contributed by atoms with van der Waals surface area (Å²) in [5.41, 5.74) is 0. The topological polar surface area (TPSA) is 90.6 Å². The van der Waals surface area contributed by atoms with Crippen molar-refractivity contribution in [2.24, 2.45) is 0 Å². The minimum absolute atomic E-state index is 0.467. The van der Waals surface area contributed by atoms with E-state index in [1.165, 1.54) is 0 Å². The van der Waals surface area contributed by atoms with E-state index in [4.69, 9.17) is 16.6 Å². The van der Waals surface area contributed by atoms with Crippen LogP contribution in [0.2, 0.25) is 0 Å². The van der Waals surface area contributed by atoms with Gasteiger partial charge >= 0.3 is 0 Å². The molecule has 0 aromatic carbocycles. The minimum Gasteiger partial charge on any atom is -0.462 e. The van der Waals surface area contributed by atoms with Gasteiger partial charge in [-0.15, -0.1) is 0 Å². The molecule has 0 bridgehead atoms. The molecule has 1 N–H and O–H groups in total. The lowest BCUT2D eigenvalue weighted by Gasteiger charge is -2.36. The van der Waals surface area contributed by atoms with Gasteiger partial charge in [0.2, 0.25) is 4.77 Å². The van der Waals surface area contributed by atoms with Crippen molar-refractivity contribution >= 4 is 34.6 Å². The van der Waals surface area contributed by atoms with Crippen molar-refractivity contribution in [1.82, 2.24) is 28.3 Å². The Morgan fingerprint density at radius 1 is 1.03 bits per heavy atom. The molecule has 0 spiro atoms. The molecule has 2 fully saturated rings. The zero-order chi connectivity index (χ0) is 21.8. The highest BCUT2D eigenvalue weighted by Gasteiger charge is 2.32. The molecule has 0 unspecified atom stereocenters. The number of aromatic nitrogens is 3. The summed E-state index contributed by atoms with van der Waals surface area (Å²) >= 11 is 5.38. The summed E-state index contributed by atoms with van der Waals surface area (Å²) in [5.74, 6) is 2.27. The van der Waals surface area contributed by atoms with Gasteiger partial charge in [0.15, 0.2) is 0 Å². The predicted molar refractivity (Wildman–Crippen MR) is 122 cm³/mol. The summed E-state index contributed by atoms with van der Waals surface area (Å²) < 4.78 is 37.1. The fourth-order valence-electron chi connectivity index (χ4n) is 3.99. The number of piperazine rings is 1. The van der Waals surface area contributed by atoms with Gasteiger partial charge < -0.3 is 4.42 Å². The van der Waals surface area contributed by atoms with E-state index >= 15 is 0 Å². The monoisotopic (exact) mass is 466 g/mol. The van der Waals surface area contributed by atoms with Gasteiger partial charge in [-0.05, 0) is 56.3 Å². The zero-order valence-corrected chi connectivity index (χ0v) is 19.5. The van der Waals surface area contributed by atoms with E-state index in [0.29, 0.717) is 56.5 Å². The van der Waals surface area contributed by atoms with E-state index < -0.39 is 10.2 Å². The summed E-state index contributed by atoms with van der Waals surface area (Å²) in [5, 5.41) is 3.20. The van der Waals surface area contributed by atoms with Crippen LogP contribution in [0.3, 0.4) is 0 Å². The minimum atomic E-state index is -3.37. The molecule has 2 saturated heterocycles. The van der Waals surface area contributed by atoms with Gasteiger partial charge in [-0.1, -0.05) is 12.8 Å².